The van der Waals surface area contributed by atoms with Gasteiger partial charge in [-0.1, -0.05) is 32.6 Å². The number of hydrogen-bond acceptors (Lipinski definition) is 6. The molecule has 1 aromatic rings. The monoisotopic (exact) mass is 346 g/mol. The molecule has 0 aliphatic rings. The van der Waals surface area contributed by atoms with Gasteiger partial charge in [0.25, 0.3) is 0 Å². The van der Waals surface area contributed by atoms with Crippen LogP contribution < -0.4 is 21.7 Å². The number of nitrogen functional groups attached to an aromatic ring is 1. The second-order valence-corrected chi connectivity index (χ2v) is 6.20. The fourth-order valence-electron chi connectivity index (χ4n) is 1.96. The highest BCUT2D eigenvalue weighted by molar-refractivity contribution is 5.77. The molecule has 1 aromatic heterocycles. The normalized spacial score (nSPS) is 10.2. The highest BCUT2D eigenvalue weighted by Gasteiger charge is 2.03. The van der Waals surface area contributed by atoms with Crippen molar-refractivity contribution in [2.24, 2.45) is 5.92 Å². The van der Waals surface area contributed by atoms with Gasteiger partial charge in [0.2, 0.25) is 11.9 Å². The van der Waals surface area contributed by atoms with Crippen LogP contribution in [0.5, 0.6) is 0 Å². The maximum Gasteiger partial charge on any atom is 0.233 e. The van der Waals surface area contributed by atoms with Crippen LogP contribution in [0.25, 0.3) is 0 Å². The highest BCUT2D eigenvalue weighted by Crippen LogP contribution is 2.11. The van der Waals surface area contributed by atoms with E-state index in [9.17, 15) is 4.79 Å². The van der Waals surface area contributed by atoms with E-state index in [1.54, 1.807) is 6.20 Å². The van der Waals surface area contributed by atoms with Gasteiger partial charge in [0.1, 0.15) is 5.82 Å². The van der Waals surface area contributed by atoms with Crippen molar-refractivity contribution >= 4 is 17.7 Å². The fourth-order valence-corrected chi connectivity index (χ4v) is 1.96. The molecule has 0 saturated carbocycles. The highest BCUT2D eigenvalue weighted by atomic mass is 16.1. The van der Waals surface area contributed by atoms with Crippen molar-refractivity contribution in [1.82, 2.24) is 20.6 Å². The molecule has 0 bridgehead atoms. The topological polar surface area (TPSA) is 105 Å². The molecule has 0 aliphatic carbocycles. The van der Waals surface area contributed by atoms with Gasteiger partial charge in [-0.2, -0.15) is 4.98 Å². The molecule has 7 nitrogen and oxygen atoms in total. The van der Waals surface area contributed by atoms with Gasteiger partial charge in [-0.05, 0) is 25.3 Å². The number of carbonyl (C=O) groups is 1. The van der Waals surface area contributed by atoms with E-state index < -0.39 is 0 Å². The molecule has 1 heterocycles. The smallest absolute Gasteiger partial charge is 0.233 e. The van der Waals surface area contributed by atoms with Gasteiger partial charge in [0.15, 0.2) is 0 Å². The Balaban J connectivity index is 2.32. The van der Waals surface area contributed by atoms with Gasteiger partial charge in [-0.25, -0.2) is 4.98 Å². The Bertz CT molecular complexity index is 591. The molecular weight excluding hydrogens is 316 g/mol. The largest absolute Gasteiger partial charge is 0.369 e. The van der Waals surface area contributed by atoms with Gasteiger partial charge >= 0.3 is 0 Å². The number of hydrogen-bond donors (Lipinski definition) is 4. The van der Waals surface area contributed by atoms with E-state index in [0.29, 0.717) is 31.2 Å². The van der Waals surface area contributed by atoms with E-state index in [0.717, 1.165) is 31.5 Å². The molecule has 5 N–H and O–H groups in total. The number of anilines is 2. The van der Waals surface area contributed by atoms with E-state index in [1.165, 1.54) is 0 Å². The van der Waals surface area contributed by atoms with Crippen molar-refractivity contribution in [3.63, 3.8) is 0 Å². The third kappa shape index (κ3) is 9.52. The third-order valence-corrected chi connectivity index (χ3v) is 3.21. The van der Waals surface area contributed by atoms with Crippen molar-refractivity contribution in [2.45, 2.75) is 40.0 Å². The molecule has 0 aliphatic heterocycles. The van der Waals surface area contributed by atoms with Crippen molar-refractivity contribution in [3.8, 4) is 11.8 Å². The van der Waals surface area contributed by atoms with Gasteiger partial charge in [-0.15, -0.1) is 0 Å². The first-order valence-corrected chi connectivity index (χ1v) is 8.85. The molecule has 138 valence electrons. The van der Waals surface area contributed by atoms with Crippen LogP contribution in [0.2, 0.25) is 0 Å². The minimum absolute atomic E-state index is 0.0200. The van der Waals surface area contributed by atoms with E-state index >= 15 is 0 Å². The number of nitrogens with one attached hydrogen (secondary N) is 3. The molecule has 25 heavy (non-hydrogen) atoms. The van der Waals surface area contributed by atoms with Crippen LogP contribution in [0.15, 0.2) is 6.20 Å². The zero-order valence-corrected chi connectivity index (χ0v) is 15.5. The molecule has 0 saturated heterocycles. The lowest BCUT2D eigenvalue weighted by Gasteiger charge is -2.07. The molecule has 7 heteroatoms. The first-order chi connectivity index (χ1) is 12.0. The quantitative estimate of drug-likeness (QED) is 0.377. The predicted molar refractivity (Wildman–Crippen MR) is 102 cm³/mol. The Morgan fingerprint density at radius 3 is 2.88 bits per heavy atom. The maximum atomic E-state index is 11.6. The molecule has 0 radical (unpaired) electrons. The molecule has 0 aromatic carbocycles. The van der Waals surface area contributed by atoms with Crippen LogP contribution in [-0.4, -0.2) is 42.1 Å². The van der Waals surface area contributed by atoms with Crippen molar-refractivity contribution < 1.29 is 4.79 Å². The van der Waals surface area contributed by atoms with Crippen LogP contribution in [-0.2, 0) is 4.79 Å². The summed E-state index contributed by atoms with van der Waals surface area (Å²) in [5.74, 6) is 7.62. The minimum atomic E-state index is 0.0200. The van der Waals surface area contributed by atoms with E-state index in [-0.39, 0.29) is 11.9 Å². The minimum Gasteiger partial charge on any atom is -0.369 e. The Morgan fingerprint density at radius 1 is 1.36 bits per heavy atom. The van der Waals surface area contributed by atoms with Crippen LogP contribution in [0.4, 0.5) is 11.8 Å². The van der Waals surface area contributed by atoms with Gasteiger partial charge in [-0.3, -0.25) is 4.79 Å². The average molecular weight is 346 g/mol. The lowest BCUT2D eigenvalue weighted by molar-refractivity contribution is -0.120. The summed E-state index contributed by atoms with van der Waals surface area (Å²) in [6.07, 6.45) is 4.12. The molecule has 0 fully saturated rings. The van der Waals surface area contributed by atoms with E-state index in [2.05, 4.69) is 58.5 Å². The first-order valence-electron chi connectivity index (χ1n) is 8.85. The van der Waals surface area contributed by atoms with Crippen LogP contribution >= 0.6 is 0 Å². The van der Waals surface area contributed by atoms with E-state index in [1.807, 2.05) is 0 Å². The number of nitrogens with zero attached hydrogens (tertiary/aromatic N) is 2. The number of nitrogens with two attached hydrogens (primary N) is 1. The zero-order valence-electron chi connectivity index (χ0n) is 15.5. The van der Waals surface area contributed by atoms with Gasteiger partial charge in [0, 0.05) is 19.5 Å². The summed E-state index contributed by atoms with van der Waals surface area (Å²) >= 11 is 0. The van der Waals surface area contributed by atoms with Crippen LogP contribution in [0.1, 0.15) is 45.6 Å². The zero-order chi connectivity index (χ0) is 18.5. The summed E-state index contributed by atoms with van der Waals surface area (Å²) in [7, 11) is 0. The summed E-state index contributed by atoms with van der Waals surface area (Å²) in [5.41, 5.74) is 6.36. The standard InChI is InChI=1S/C18H30N6O/c1-4-9-22-17-15(12-23-18(19)24-17)8-6-5-7-10-21-16(25)13-20-11-14(2)3/h12,14,20H,4-5,7,9-11,13H2,1-3H3,(H,21,25)(H3,19,22,23,24). The number of rotatable bonds is 10. The molecule has 0 atom stereocenters. The fraction of sp³-hybridized carbons (Fsp3) is 0.611. The molecule has 1 amide bonds. The Labute approximate surface area is 150 Å². The maximum absolute atomic E-state index is 11.6. The van der Waals surface area contributed by atoms with Gasteiger partial charge < -0.3 is 21.7 Å². The van der Waals surface area contributed by atoms with Gasteiger partial charge in [0.05, 0.1) is 18.3 Å². The lowest BCUT2D eigenvalue weighted by Crippen LogP contribution is -2.35. The summed E-state index contributed by atoms with van der Waals surface area (Å²) in [6, 6.07) is 0. The number of unbranched alkanes of at least 4 members (excludes halogenated alkanes) is 1. The Kier molecular flexibility index (Phi) is 10.0. The SMILES string of the molecule is CCCNc1nc(N)ncc1C#CCCCNC(=O)CNCC(C)C. The molecule has 0 spiro atoms. The van der Waals surface area contributed by atoms with Crippen LogP contribution in [0, 0.1) is 17.8 Å². The predicted octanol–water partition coefficient (Wildman–Crippen LogP) is 1.37. The Hall–Kier alpha value is -2.33. The second kappa shape index (κ2) is 12.1. The molecular formula is C18H30N6O. The van der Waals surface area contributed by atoms with Crippen molar-refractivity contribution in [1.29, 1.82) is 0 Å². The summed E-state index contributed by atoms with van der Waals surface area (Å²) < 4.78 is 0. The summed E-state index contributed by atoms with van der Waals surface area (Å²) in [4.78, 5) is 19.8. The number of aromatic nitrogens is 2. The van der Waals surface area contributed by atoms with Crippen molar-refractivity contribution in [3.05, 3.63) is 11.8 Å². The summed E-state index contributed by atoms with van der Waals surface area (Å²) in [5, 5.41) is 9.19. The summed E-state index contributed by atoms with van der Waals surface area (Å²) in [6.45, 7) is 8.93. The van der Waals surface area contributed by atoms with E-state index in [4.69, 9.17) is 5.73 Å². The second-order valence-electron chi connectivity index (χ2n) is 6.20. The van der Waals surface area contributed by atoms with Crippen LogP contribution in [0.3, 0.4) is 0 Å². The lowest BCUT2D eigenvalue weighted by atomic mass is 10.2. The Morgan fingerprint density at radius 2 is 2.16 bits per heavy atom. The number of carbonyl (C=O) groups excluding carboxylic acids is 1. The third-order valence-electron chi connectivity index (χ3n) is 3.21. The van der Waals surface area contributed by atoms with Crippen molar-refractivity contribution in [2.75, 3.05) is 37.2 Å². The first kappa shape index (κ1) is 20.7. The average Bonchev–Trinajstić information content (AvgIpc) is 2.57. The molecule has 0 unspecified atom stereocenters. The molecule has 1 rings (SSSR count). The number of amides is 1.